The molecule has 0 fully saturated rings. The van der Waals surface area contributed by atoms with Gasteiger partial charge < -0.3 is 0 Å². The minimum atomic E-state index is -0.786. The smallest absolute Gasteiger partial charge is 0.246 e. The molecule has 0 aromatic heterocycles. The van der Waals surface area contributed by atoms with Gasteiger partial charge in [0.15, 0.2) is 0 Å². The van der Waals surface area contributed by atoms with E-state index in [2.05, 4.69) is 6.92 Å². The van der Waals surface area contributed by atoms with Crippen molar-refractivity contribution in [2.24, 2.45) is 17.6 Å². The first-order valence-corrected chi connectivity index (χ1v) is 11.7. The number of nitrogens with one attached hydrogen (secondary N) is 2. The monoisotopic (exact) mass is 398 g/mol. The van der Waals surface area contributed by atoms with Crippen molar-refractivity contribution in [3.05, 3.63) is 0 Å². The maximum atomic E-state index is 11.6. The van der Waals surface area contributed by atoms with Gasteiger partial charge in [-0.1, -0.05) is 116 Å². The fourth-order valence-electron chi connectivity index (χ4n) is 3.66. The van der Waals surface area contributed by atoms with Crippen LogP contribution in [0, 0.1) is 5.92 Å². The summed E-state index contributed by atoms with van der Waals surface area (Å²) >= 11 is 0. The van der Waals surface area contributed by atoms with Crippen LogP contribution >= 0.6 is 0 Å². The molecule has 28 heavy (non-hydrogen) atoms. The largest absolute Gasteiger partial charge is 0.294 e. The molecule has 0 radical (unpaired) electrons. The summed E-state index contributed by atoms with van der Waals surface area (Å²) in [7, 11) is 0. The molecule has 0 aliphatic heterocycles. The molecule has 2 amide bonds. The van der Waals surface area contributed by atoms with Gasteiger partial charge in [0.05, 0.1) is 0 Å². The first kappa shape index (κ1) is 26.9. The van der Waals surface area contributed by atoms with Crippen molar-refractivity contribution in [1.82, 2.24) is 10.9 Å². The summed E-state index contributed by atoms with van der Waals surface area (Å²) in [5, 5.41) is 0. The van der Waals surface area contributed by atoms with Crippen LogP contribution in [0.15, 0.2) is 0 Å². The van der Waals surface area contributed by atoms with Gasteiger partial charge in [0, 0.05) is 0 Å². The number of rotatable bonds is 20. The molecule has 0 unspecified atom stereocenters. The highest BCUT2D eigenvalue weighted by molar-refractivity contribution is 5.99. The molecule has 0 atom stereocenters. The third kappa shape index (κ3) is 15.9. The predicted molar refractivity (Wildman–Crippen MR) is 117 cm³/mol. The second-order valence-electron chi connectivity index (χ2n) is 8.02. The summed E-state index contributed by atoms with van der Waals surface area (Å²) in [6.07, 6.45) is 22.7. The Kier molecular flexibility index (Phi) is 19.8. The zero-order chi connectivity index (χ0) is 20.9. The molecule has 0 rings (SSSR count). The highest BCUT2D eigenvalue weighted by Gasteiger charge is 2.24. The summed E-state index contributed by atoms with van der Waals surface area (Å²) in [6.45, 7) is 2.27. The van der Waals surface area contributed by atoms with Crippen molar-refractivity contribution < 1.29 is 9.59 Å². The number of unbranched alkanes of at least 4 members (excludes halogenated alkanes) is 16. The van der Waals surface area contributed by atoms with E-state index in [1.54, 1.807) is 0 Å². The Morgan fingerprint density at radius 2 is 0.857 bits per heavy atom. The number of carbonyl (C=O) groups is 2. The third-order valence-electron chi connectivity index (χ3n) is 5.51. The lowest BCUT2D eigenvalue weighted by Crippen LogP contribution is -2.45. The molecule has 6 nitrogen and oxygen atoms in total. The summed E-state index contributed by atoms with van der Waals surface area (Å²) in [6, 6.07) is 0. The lowest BCUT2D eigenvalue weighted by atomic mass is 9.98. The van der Waals surface area contributed by atoms with Gasteiger partial charge in [-0.25, -0.2) is 11.7 Å². The first-order valence-electron chi connectivity index (χ1n) is 11.7. The molecule has 0 saturated heterocycles. The maximum absolute atomic E-state index is 11.6. The Morgan fingerprint density at radius 3 is 1.14 bits per heavy atom. The van der Waals surface area contributed by atoms with Crippen molar-refractivity contribution in [1.29, 1.82) is 0 Å². The molecule has 0 spiro atoms. The second-order valence-corrected chi connectivity index (χ2v) is 8.02. The van der Waals surface area contributed by atoms with Crippen LogP contribution in [0.3, 0.4) is 0 Å². The SMILES string of the molecule is CCCCCCCCCCCCCCCCCCCC(C(=O)NN)C(=O)NN. The van der Waals surface area contributed by atoms with Gasteiger partial charge in [0.25, 0.3) is 0 Å². The van der Waals surface area contributed by atoms with Crippen LogP contribution in [0.5, 0.6) is 0 Å². The number of hydrogen-bond acceptors (Lipinski definition) is 4. The molecule has 0 bridgehead atoms. The maximum Gasteiger partial charge on any atom is 0.246 e. The Bertz CT molecular complexity index is 362. The number of amides is 2. The predicted octanol–water partition coefficient (Wildman–Crippen LogP) is 4.62. The van der Waals surface area contributed by atoms with Gasteiger partial charge in [-0.05, 0) is 6.42 Å². The summed E-state index contributed by atoms with van der Waals surface area (Å²) in [4.78, 5) is 23.1. The van der Waals surface area contributed by atoms with E-state index in [9.17, 15) is 9.59 Å². The van der Waals surface area contributed by atoms with Crippen LogP contribution in [0.2, 0.25) is 0 Å². The van der Waals surface area contributed by atoms with E-state index < -0.39 is 17.7 Å². The van der Waals surface area contributed by atoms with E-state index in [0.29, 0.717) is 6.42 Å². The fourth-order valence-corrected chi connectivity index (χ4v) is 3.66. The Labute approximate surface area is 172 Å². The molecule has 0 aliphatic carbocycles. The molecule has 0 aliphatic rings. The highest BCUT2D eigenvalue weighted by atomic mass is 16.2. The summed E-state index contributed by atoms with van der Waals surface area (Å²) < 4.78 is 0. The topological polar surface area (TPSA) is 110 Å². The first-order chi connectivity index (χ1) is 13.7. The molecular formula is C22H46N4O2. The second kappa shape index (κ2) is 20.6. The molecule has 0 saturated carbocycles. The molecule has 166 valence electrons. The van der Waals surface area contributed by atoms with E-state index in [1.807, 2.05) is 10.9 Å². The Hall–Kier alpha value is -1.14. The lowest BCUT2D eigenvalue weighted by molar-refractivity contribution is -0.135. The van der Waals surface area contributed by atoms with E-state index in [4.69, 9.17) is 11.7 Å². The summed E-state index contributed by atoms with van der Waals surface area (Å²) in [5.74, 6) is 8.49. The third-order valence-corrected chi connectivity index (χ3v) is 5.51. The Balaban J connectivity index is 3.35. The van der Waals surface area contributed by atoms with E-state index in [-0.39, 0.29) is 0 Å². The lowest BCUT2D eigenvalue weighted by Gasteiger charge is -2.13. The average molecular weight is 399 g/mol. The van der Waals surface area contributed by atoms with Gasteiger partial charge in [-0.2, -0.15) is 0 Å². The van der Waals surface area contributed by atoms with Gasteiger partial charge in [0.1, 0.15) is 5.92 Å². The van der Waals surface area contributed by atoms with Crippen molar-refractivity contribution in [3.8, 4) is 0 Å². The van der Waals surface area contributed by atoms with Crippen molar-refractivity contribution >= 4 is 11.8 Å². The number of hydrazine groups is 2. The average Bonchev–Trinajstić information content (AvgIpc) is 2.72. The molecular weight excluding hydrogens is 352 g/mol. The summed E-state index contributed by atoms with van der Waals surface area (Å²) in [5.41, 5.74) is 4.06. The number of carbonyl (C=O) groups excluding carboxylic acids is 2. The fraction of sp³-hybridized carbons (Fsp3) is 0.909. The van der Waals surface area contributed by atoms with E-state index in [1.165, 1.54) is 89.9 Å². The molecule has 0 aromatic rings. The van der Waals surface area contributed by atoms with Crippen LogP contribution in [0.4, 0.5) is 0 Å². The van der Waals surface area contributed by atoms with Crippen LogP contribution in [0.1, 0.15) is 122 Å². The van der Waals surface area contributed by atoms with Gasteiger partial charge >= 0.3 is 0 Å². The number of nitrogens with two attached hydrogens (primary N) is 2. The van der Waals surface area contributed by atoms with Gasteiger partial charge in [-0.3, -0.25) is 20.4 Å². The molecule has 0 heterocycles. The standard InChI is InChI=1S/C22H46N4O2/c1-2-3-4-5-6-7-8-9-10-11-12-13-14-15-16-17-18-19-20(21(27)25-23)22(28)26-24/h20H,2-19,23-24H2,1H3,(H,25,27)(H,26,28). The quantitative estimate of drug-likeness (QED) is 0.0788. The number of hydrogen-bond donors (Lipinski definition) is 4. The van der Waals surface area contributed by atoms with Crippen LogP contribution in [-0.2, 0) is 9.59 Å². The van der Waals surface area contributed by atoms with Gasteiger partial charge in [-0.15, -0.1) is 0 Å². The molecule has 6 heteroatoms. The minimum Gasteiger partial charge on any atom is -0.294 e. The zero-order valence-corrected chi connectivity index (χ0v) is 18.3. The molecule has 0 aromatic carbocycles. The zero-order valence-electron chi connectivity index (χ0n) is 18.3. The van der Waals surface area contributed by atoms with Crippen LogP contribution in [-0.4, -0.2) is 11.8 Å². The van der Waals surface area contributed by atoms with Crippen molar-refractivity contribution in [2.45, 2.75) is 122 Å². The highest BCUT2D eigenvalue weighted by Crippen LogP contribution is 2.15. The van der Waals surface area contributed by atoms with Crippen molar-refractivity contribution in [2.75, 3.05) is 0 Å². The minimum absolute atomic E-state index is 0.473. The van der Waals surface area contributed by atoms with Crippen LogP contribution in [0.25, 0.3) is 0 Å². The van der Waals surface area contributed by atoms with Crippen molar-refractivity contribution in [3.63, 3.8) is 0 Å². The van der Waals surface area contributed by atoms with Gasteiger partial charge in [0.2, 0.25) is 11.8 Å². The molecule has 6 N–H and O–H groups in total. The van der Waals surface area contributed by atoms with Crippen LogP contribution < -0.4 is 22.5 Å². The normalized spacial score (nSPS) is 11.0. The van der Waals surface area contributed by atoms with E-state index in [0.717, 1.165) is 19.3 Å². The Morgan fingerprint density at radius 1 is 0.571 bits per heavy atom. The van der Waals surface area contributed by atoms with E-state index >= 15 is 0 Å².